The van der Waals surface area contributed by atoms with Crippen LogP contribution in [-0.2, 0) is 9.53 Å². The van der Waals surface area contributed by atoms with E-state index in [0.29, 0.717) is 23.5 Å². The number of esters is 1. The second kappa shape index (κ2) is 7.61. The fraction of sp³-hybridized carbons (Fsp3) is 0.278. The van der Waals surface area contributed by atoms with Crippen LogP contribution in [0.15, 0.2) is 36.4 Å². The van der Waals surface area contributed by atoms with Crippen molar-refractivity contribution >= 4 is 12.0 Å². The van der Waals surface area contributed by atoms with Crippen molar-refractivity contribution in [3.8, 4) is 17.3 Å². The number of rotatable bonds is 5. The first-order valence-electron chi connectivity index (χ1n) is 8.08. The topological polar surface area (TPSA) is 108 Å². The number of nitriles is 1. The molecule has 1 aliphatic heterocycles. The van der Waals surface area contributed by atoms with E-state index >= 15 is 0 Å². The third-order valence-corrected chi connectivity index (χ3v) is 4.20. The molecule has 8 heteroatoms. The molecule has 1 N–H and O–H groups in total. The van der Waals surface area contributed by atoms with Gasteiger partial charge in [-0.05, 0) is 24.3 Å². The van der Waals surface area contributed by atoms with Crippen LogP contribution in [0.25, 0.3) is 11.3 Å². The summed E-state index contributed by atoms with van der Waals surface area (Å²) >= 11 is 0. The van der Waals surface area contributed by atoms with Crippen LogP contribution in [0.1, 0.15) is 23.7 Å². The Labute approximate surface area is 150 Å². The molecule has 8 nitrogen and oxygen atoms in total. The average Bonchev–Trinajstić information content (AvgIpc) is 3.06. The van der Waals surface area contributed by atoms with Crippen molar-refractivity contribution in [2.45, 2.75) is 12.5 Å². The Morgan fingerprint density at radius 2 is 2.08 bits per heavy atom. The highest BCUT2D eigenvalue weighted by molar-refractivity contribution is 5.78. The minimum absolute atomic E-state index is 0.122. The standard InChI is InChI=1S/C18H17N5O3/c1-26-17(24)8-9-23-16(11-20-18(23)25)15-7-6-14(21-22-15)13-4-2-12(10-19)3-5-13/h2-7,16H,8-9,11H2,1H3,(H,20,25). The number of carbonyl (C=O) groups excluding carboxylic acids is 2. The number of nitrogens with zero attached hydrogens (tertiary/aromatic N) is 4. The van der Waals surface area contributed by atoms with Gasteiger partial charge in [-0.25, -0.2) is 4.79 Å². The van der Waals surface area contributed by atoms with E-state index in [1.807, 2.05) is 24.3 Å². The lowest BCUT2D eigenvalue weighted by molar-refractivity contribution is -0.140. The van der Waals surface area contributed by atoms with Crippen molar-refractivity contribution in [2.24, 2.45) is 0 Å². The van der Waals surface area contributed by atoms with Crippen molar-refractivity contribution in [3.05, 3.63) is 47.7 Å². The van der Waals surface area contributed by atoms with Crippen LogP contribution < -0.4 is 5.32 Å². The van der Waals surface area contributed by atoms with Crippen molar-refractivity contribution in [1.29, 1.82) is 5.26 Å². The lowest BCUT2D eigenvalue weighted by atomic mass is 10.1. The van der Waals surface area contributed by atoms with Crippen LogP contribution >= 0.6 is 0 Å². The third kappa shape index (κ3) is 3.62. The van der Waals surface area contributed by atoms with Gasteiger partial charge in [-0.3, -0.25) is 4.79 Å². The quantitative estimate of drug-likeness (QED) is 0.821. The molecule has 0 aliphatic carbocycles. The minimum Gasteiger partial charge on any atom is -0.469 e. The summed E-state index contributed by atoms with van der Waals surface area (Å²) in [6, 6.07) is 12.3. The smallest absolute Gasteiger partial charge is 0.318 e. The second-order valence-corrected chi connectivity index (χ2v) is 5.75. The Morgan fingerprint density at radius 3 is 2.69 bits per heavy atom. The number of aromatic nitrogens is 2. The Bertz CT molecular complexity index is 843. The lowest BCUT2D eigenvalue weighted by Crippen LogP contribution is -2.32. The number of methoxy groups -OCH3 is 1. The van der Waals surface area contributed by atoms with Crippen molar-refractivity contribution in [3.63, 3.8) is 0 Å². The molecule has 0 bridgehead atoms. The summed E-state index contributed by atoms with van der Waals surface area (Å²) in [5.41, 5.74) is 2.75. The van der Waals surface area contributed by atoms with Gasteiger partial charge in [0.1, 0.15) is 0 Å². The maximum atomic E-state index is 12.0. The number of carbonyl (C=O) groups is 2. The Hall–Kier alpha value is -3.47. The zero-order valence-electron chi connectivity index (χ0n) is 14.2. The molecular formula is C18H17N5O3. The van der Waals surface area contributed by atoms with E-state index in [9.17, 15) is 9.59 Å². The van der Waals surface area contributed by atoms with Crippen LogP contribution in [0.5, 0.6) is 0 Å². The van der Waals surface area contributed by atoms with Crippen LogP contribution in [0, 0.1) is 11.3 Å². The van der Waals surface area contributed by atoms with Crippen molar-refractivity contribution in [2.75, 3.05) is 20.2 Å². The highest BCUT2D eigenvalue weighted by atomic mass is 16.5. The summed E-state index contributed by atoms with van der Waals surface area (Å²) in [6.45, 7) is 0.660. The van der Waals surface area contributed by atoms with Crippen molar-refractivity contribution in [1.82, 2.24) is 20.4 Å². The molecule has 26 heavy (non-hydrogen) atoms. The van der Waals surface area contributed by atoms with Crippen LogP contribution in [0.2, 0.25) is 0 Å². The van der Waals surface area contributed by atoms with Gasteiger partial charge in [0.2, 0.25) is 0 Å². The van der Waals surface area contributed by atoms with E-state index in [2.05, 4.69) is 26.3 Å². The molecule has 0 radical (unpaired) electrons. The van der Waals surface area contributed by atoms with Gasteiger partial charge in [-0.15, -0.1) is 0 Å². The molecule has 0 saturated carbocycles. The van der Waals surface area contributed by atoms with Crippen molar-refractivity contribution < 1.29 is 14.3 Å². The van der Waals surface area contributed by atoms with Gasteiger partial charge in [0.25, 0.3) is 0 Å². The van der Waals surface area contributed by atoms with Gasteiger partial charge < -0.3 is 15.0 Å². The monoisotopic (exact) mass is 351 g/mol. The van der Waals surface area contributed by atoms with Gasteiger partial charge in [0.05, 0.1) is 42.6 Å². The van der Waals surface area contributed by atoms with Gasteiger partial charge in [-0.2, -0.15) is 15.5 Å². The van der Waals surface area contributed by atoms with Crippen LogP contribution in [-0.4, -0.2) is 47.3 Å². The normalized spacial score (nSPS) is 16.1. The molecule has 1 aromatic carbocycles. The number of nitrogens with one attached hydrogen (secondary N) is 1. The number of urea groups is 1. The molecule has 3 rings (SSSR count). The molecule has 2 heterocycles. The number of hydrogen-bond acceptors (Lipinski definition) is 6. The van der Waals surface area contributed by atoms with Gasteiger partial charge in [0.15, 0.2) is 0 Å². The molecule has 1 atom stereocenters. The summed E-state index contributed by atoms with van der Waals surface area (Å²) in [4.78, 5) is 24.9. The third-order valence-electron chi connectivity index (χ3n) is 4.20. The molecule has 1 fully saturated rings. The number of hydrogen-bond donors (Lipinski definition) is 1. The Kier molecular flexibility index (Phi) is 5.08. The summed E-state index contributed by atoms with van der Waals surface area (Å²) in [5, 5.41) is 20.1. The number of amides is 2. The molecule has 1 saturated heterocycles. The largest absolute Gasteiger partial charge is 0.469 e. The second-order valence-electron chi connectivity index (χ2n) is 5.75. The van der Waals surface area contributed by atoms with Gasteiger partial charge in [0, 0.05) is 18.7 Å². The van der Waals surface area contributed by atoms with Gasteiger partial charge in [-0.1, -0.05) is 12.1 Å². The fourth-order valence-corrected chi connectivity index (χ4v) is 2.76. The highest BCUT2D eigenvalue weighted by Gasteiger charge is 2.33. The first-order chi connectivity index (χ1) is 12.6. The molecule has 1 aromatic heterocycles. The zero-order valence-corrected chi connectivity index (χ0v) is 14.2. The average molecular weight is 351 g/mol. The Morgan fingerprint density at radius 1 is 1.31 bits per heavy atom. The molecule has 2 amide bonds. The Balaban J connectivity index is 1.75. The molecular weight excluding hydrogens is 334 g/mol. The lowest BCUT2D eigenvalue weighted by Gasteiger charge is -2.21. The molecule has 1 unspecified atom stereocenters. The van der Waals surface area contributed by atoms with E-state index in [1.54, 1.807) is 17.0 Å². The summed E-state index contributed by atoms with van der Waals surface area (Å²) in [5.74, 6) is -0.370. The fourth-order valence-electron chi connectivity index (χ4n) is 2.76. The van der Waals surface area contributed by atoms with E-state index < -0.39 is 0 Å². The highest BCUT2D eigenvalue weighted by Crippen LogP contribution is 2.24. The van der Waals surface area contributed by atoms with Gasteiger partial charge >= 0.3 is 12.0 Å². The first-order valence-corrected chi connectivity index (χ1v) is 8.08. The van der Waals surface area contributed by atoms with E-state index in [1.165, 1.54) is 7.11 Å². The number of benzene rings is 1. The van der Waals surface area contributed by atoms with Crippen LogP contribution in [0.3, 0.4) is 0 Å². The van der Waals surface area contributed by atoms with E-state index in [-0.39, 0.29) is 31.0 Å². The summed E-state index contributed by atoms with van der Waals surface area (Å²) < 4.78 is 4.62. The SMILES string of the molecule is COC(=O)CCN1C(=O)NCC1c1ccc(-c2ccc(C#N)cc2)nn1. The zero-order chi connectivity index (χ0) is 18.5. The van der Waals surface area contributed by atoms with E-state index in [4.69, 9.17) is 5.26 Å². The summed E-state index contributed by atoms with van der Waals surface area (Å²) in [6.07, 6.45) is 0.122. The van der Waals surface area contributed by atoms with Crippen LogP contribution in [0.4, 0.5) is 4.79 Å². The molecule has 132 valence electrons. The molecule has 0 spiro atoms. The maximum Gasteiger partial charge on any atom is 0.318 e. The predicted octanol–water partition coefficient (Wildman–Crippen LogP) is 1.64. The first kappa shape index (κ1) is 17.4. The number of ether oxygens (including phenoxy) is 1. The van der Waals surface area contributed by atoms with E-state index in [0.717, 1.165) is 5.56 Å². The molecule has 2 aromatic rings. The summed E-state index contributed by atoms with van der Waals surface area (Å²) in [7, 11) is 1.32. The minimum atomic E-state index is -0.370. The predicted molar refractivity (Wildman–Crippen MR) is 91.7 cm³/mol. The molecule has 1 aliphatic rings. The maximum absolute atomic E-state index is 12.0.